The van der Waals surface area contributed by atoms with Crippen molar-refractivity contribution in [3.8, 4) is 0 Å². The van der Waals surface area contributed by atoms with Gasteiger partial charge < -0.3 is 10.1 Å². The van der Waals surface area contributed by atoms with Gasteiger partial charge in [-0.3, -0.25) is 4.79 Å². The first-order valence-corrected chi connectivity index (χ1v) is 9.69. The average Bonchev–Trinajstić information content (AvgIpc) is 2.65. The molecule has 0 aromatic heterocycles. The minimum absolute atomic E-state index is 0.0703. The number of sulfonamides is 1. The van der Waals surface area contributed by atoms with Crippen molar-refractivity contribution in [2.75, 3.05) is 25.0 Å². The summed E-state index contributed by atoms with van der Waals surface area (Å²) in [6.45, 7) is 2.66. The number of nitrogens with zero attached hydrogens (tertiary/aromatic N) is 1. The first-order valence-electron chi connectivity index (χ1n) is 8.25. The number of ether oxygens (including phenoxy) is 1. The molecular formula is C18H18F2N2O4S. The van der Waals surface area contributed by atoms with E-state index in [0.717, 1.165) is 12.1 Å². The number of nitrogens with one attached hydrogen (secondary N) is 1. The highest BCUT2D eigenvalue weighted by Crippen LogP contribution is 2.20. The molecule has 2 aromatic rings. The number of rotatable bonds is 4. The molecule has 0 spiro atoms. The third-order valence-electron chi connectivity index (χ3n) is 4.14. The fourth-order valence-corrected chi connectivity index (χ4v) is 4.21. The predicted molar refractivity (Wildman–Crippen MR) is 94.9 cm³/mol. The van der Waals surface area contributed by atoms with E-state index in [1.165, 1.54) is 34.6 Å². The van der Waals surface area contributed by atoms with Crippen LogP contribution >= 0.6 is 0 Å². The molecule has 3 rings (SSSR count). The zero-order chi connectivity index (χ0) is 19.6. The molecule has 144 valence electrons. The maximum Gasteiger partial charge on any atom is 0.255 e. The normalized spacial score (nSPS) is 18.3. The summed E-state index contributed by atoms with van der Waals surface area (Å²) < 4.78 is 58.2. The highest BCUT2D eigenvalue weighted by molar-refractivity contribution is 7.89. The van der Waals surface area contributed by atoms with Crippen molar-refractivity contribution in [3.63, 3.8) is 0 Å². The van der Waals surface area contributed by atoms with Crippen LogP contribution in [-0.4, -0.2) is 44.4 Å². The van der Waals surface area contributed by atoms with Crippen molar-refractivity contribution in [2.24, 2.45) is 0 Å². The quantitative estimate of drug-likeness (QED) is 0.862. The van der Waals surface area contributed by atoms with Gasteiger partial charge in [-0.05, 0) is 43.3 Å². The molecule has 0 aliphatic carbocycles. The highest BCUT2D eigenvalue weighted by atomic mass is 32.2. The number of hydrogen-bond acceptors (Lipinski definition) is 4. The lowest BCUT2D eigenvalue weighted by Crippen LogP contribution is -2.44. The molecular weight excluding hydrogens is 378 g/mol. The van der Waals surface area contributed by atoms with E-state index in [9.17, 15) is 22.0 Å². The SMILES string of the molecule is CC1CN(S(=O)(=O)c2ccc(C(=O)Nc3ccc(F)c(F)c3)cc2)CCO1. The molecule has 0 saturated carbocycles. The van der Waals surface area contributed by atoms with Gasteiger partial charge in [0.15, 0.2) is 11.6 Å². The minimum Gasteiger partial charge on any atom is -0.376 e. The van der Waals surface area contributed by atoms with Crippen LogP contribution < -0.4 is 5.32 Å². The molecule has 1 aliphatic heterocycles. The molecule has 0 bridgehead atoms. The van der Waals surface area contributed by atoms with Gasteiger partial charge in [-0.2, -0.15) is 4.31 Å². The highest BCUT2D eigenvalue weighted by Gasteiger charge is 2.29. The molecule has 27 heavy (non-hydrogen) atoms. The Morgan fingerprint density at radius 2 is 1.85 bits per heavy atom. The Hall–Kier alpha value is -2.36. The Kier molecular flexibility index (Phi) is 5.54. The zero-order valence-corrected chi connectivity index (χ0v) is 15.3. The first-order chi connectivity index (χ1) is 12.8. The summed E-state index contributed by atoms with van der Waals surface area (Å²) in [5.41, 5.74) is 0.284. The van der Waals surface area contributed by atoms with E-state index in [-0.39, 0.29) is 35.3 Å². The topological polar surface area (TPSA) is 75.7 Å². The van der Waals surface area contributed by atoms with E-state index < -0.39 is 27.6 Å². The molecule has 1 aliphatic rings. The van der Waals surface area contributed by atoms with Crippen molar-refractivity contribution in [3.05, 3.63) is 59.7 Å². The number of amides is 1. The molecule has 0 radical (unpaired) electrons. The number of hydrogen-bond donors (Lipinski definition) is 1. The van der Waals surface area contributed by atoms with Crippen molar-refractivity contribution in [1.82, 2.24) is 4.31 Å². The van der Waals surface area contributed by atoms with E-state index in [2.05, 4.69) is 5.32 Å². The number of carbonyl (C=O) groups is 1. The van der Waals surface area contributed by atoms with Gasteiger partial charge in [-0.15, -0.1) is 0 Å². The molecule has 1 unspecified atom stereocenters. The van der Waals surface area contributed by atoms with Gasteiger partial charge in [-0.25, -0.2) is 17.2 Å². The van der Waals surface area contributed by atoms with Gasteiger partial charge in [0.2, 0.25) is 10.0 Å². The van der Waals surface area contributed by atoms with Crippen LogP contribution in [0.25, 0.3) is 0 Å². The van der Waals surface area contributed by atoms with Gasteiger partial charge in [-0.1, -0.05) is 0 Å². The summed E-state index contributed by atoms with van der Waals surface area (Å²) in [4.78, 5) is 12.3. The number of anilines is 1. The summed E-state index contributed by atoms with van der Waals surface area (Å²) in [6.07, 6.45) is -0.185. The summed E-state index contributed by atoms with van der Waals surface area (Å²) in [5.74, 6) is -2.65. The molecule has 1 heterocycles. The molecule has 1 atom stereocenters. The Bertz CT molecular complexity index is 948. The standard InChI is InChI=1S/C18H18F2N2O4S/c1-12-11-22(8-9-26-12)27(24,25)15-5-2-13(3-6-15)18(23)21-14-4-7-16(19)17(20)10-14/h2-7,10,12H,8-9,11H2,1H3,(H,21,23). The predicted octanol–water partition coefficient (Wildman–Crippen LogP) is 2.63. The average molecular weight is 396 g/mol. The van der Waals surface area contributed by atoms with Crippen molar-refractivity contribution in [2.45, 2.75) is 17.9 Å². The summed E-state index contributed by atoms with van der Waals surface area (Å²) in [7, 11) is -3.68. The number of morpholine rings is 1. The Labute approximate surface area is 155 Å². The lowest BCUT2D eigenvalue weighted by molar-refractivity contribution is 0.0102. The fourth-order valence-electron chi connectivity index (χ4n) is 2.71. The van der Waals surface area contributed by atoms with Crippen molar-refractivity contribution >= 4 is 21.6 Å². The Morgan fingerprint density at radius 1 is 1.15 bits per heavy atom. The van der Waals surface area contributed by atoms with Crippen LogP contribution in [0.1, 0.15) is 17.3 Å². The first kappa shape index (κ1) is 19.4. The second-order valence-corrected chi connectivity index (χ2v) is 8.09. The minimum atomic E-state index is -3.68. The van der Waals surface area contributed by atoms with Crippen LogP contribution in [-0.2, 0) is 14.8 Å². The van der Waals surface area contributed by atoms with Crippen LogP contribution in [0.5, 0.6) is 0 Å². The van der Waals surface area contributed by atoms with Crippen molar-refractivity contribution < 1.29 is 26.7 Å². The van der Waals surface area contributed by atoms with Crippen LogP contribution in [0.15, 0.2) is 47.4 Å². The van der Waals surface area contributed by atoms with Gasteiger partial charge in [0.25, 0.3) is 5.91 Å². The summed E-state index contributed by atoms with van der Waals surface area (Å²) in [5, 5.41) is 2.43. The maximum absolute atomic E-state index is 13.2. The maximum atomic E-state index is 13.2. The van der Waals surface area contributed by atoms with Gasteiger partial charge in [0, 0.05) is 30.4 Å². The lowest BCUT2D eigenvalue weighted by atomic mass is 10.2. The van der Waals surface area contributed by atoms with Gasteiger partial charge in [0.05, 0.1) is 17.6 Å². The number of benzene rings is 2. The summed E-state index contributed by atoms with van der Waals surface area (Å²) in [6, 6.07) is 8.42. The molecule has 2 aromatic carbocycles. The molecule has 1 fully saturated rings. The van der Waals surface area contributed by atoms with Gasteiger partial charge in [0.1, 0.15) is 0 Å². The molecule has 1 saturated heterocycles. The molecule has 9 heteroatoms. The van der Waals surface area contributed by atoms with E-state index >= 15 is 0 Å². The molecule has 1 amide bonds. The Balaban J connectivity index is 1.74. The molecule has 1 N–H and O–H groups in total. The molecule has 6 nitrogen and oxygen atoms in total. The van der Waals surface area contributed by atoms with Crippen LogP contribution in [0, 0.1) is 11.6 Å². The summed E-state index contributed by atoms with van der Waals surface area (Å²) >= 11 is 0. The van der Waals surface area contributed by atoms with E-state index in [1.807, 2.05) is 0 Å². The lowest BCUT2D eigenvalue weighted by Gasteiger charge is -2.30. The fraction of sp³-hybridized carbons (Fsp3) is 0.278. The second-order valence-electron chi connectivity index (χ2n) is 6.15. The Morgan fingerprint density at radius 3 is 2.48 bits per heavy atom. The third kappa shape index (κ3) is 4.32. The van der Waals surface area contributed by atoms with Crippen molar-refractivity contribution in [1.29, 1.82) is 0 Å². The van der Waals surface area contributed by atoms with E-state index in [0.29, 0.717) is 6.61 Å². The third-order valence-corrected chi connectivity index (χ3v) is 6.01. The van der Waals surface area contributed by atoms with E-state index in [4.69, 9.17) is 4.74 Å². The zero-order valence-electron chi connectivity index (χ0n) is 14.5. The largest absolute Gasteiger partial charge is 0.376 e. The van der Waals surface area contributed by atoms with Crippen LogP contribution in [0.3, 0.4) is 0 Å². The number of carbonyl (C=O) groups excluding carboxylic acids is 1. The van der Waals surface area contributed by atoms with E-state index in [1.54, 1.807) is 6.92 Å². The number of halogens is 2. The van der Waals surface area contributed by atoms with Gasteiger partial charge >= 0.3 is 0 Å². The van der Waals surface area contributed by atoms with Crippen LogP contribution in [0.4, 0.5) is 14.5 Å². The monoisotopic (exact) mass is 396 g/mol. The van der Waals surface area contributed by atoms with Crippen LogP contribution in [0.2, 0.25) is 0 Å². The second kappa shape index (κ2) is 7.71. The smallest absolute Gasteiger partial charge is 0.255 e.